The number of carboxylic acids is 1. The molecule has 5 nitrogen and oxygen atoms in total. The maximum atomic E-state index is 13.5. The number of halogens is 1. The Balaban J connectivity index is 1.54. The average molecular weight is 391 g/mol. The van der Waals surface area contributed by atoms with E-state index in [-0.39, 0.29) is 23.8 Å². The van der Waals surface area contributed by atoms with Crippen molar-refractivity contribution in [2.75, 3.05) is 11.9 Å². The van der Waals surface area contributed by atoms with Gasteiger partial charge in [-0.3, -0.25) is 5.32 Å². The first-order chi connectivity index (χ1) is 14.0. The molecule has 0 saturated heterocycles. The van der Waals surface area contributed by atoms with Crippen molar-refractivity contribution in [3.8, 4) is 11.1 Å². The van der Waals surface area contributed by atoms with Gasteiger partial charge in [0.1, 0.15) is 12.4 Å². The molecule has 146 valence electrons. The highest BCUT2D eigenvalue weighted by Crippen LogP contribution is 2.44. The van der Waals surface area contributed by atoms with Gasteiger partial charge in [0.2, 0.25) is 0 Å². The SMILES string of the molecule is Cc1cc(F)cc(C(=O)O)c1NC(=O)OCC1c2ccccc2-c2ccccc21. The van der Waals surface area contributed by atoms with Crippen LogP contribution in [0.2, 0.25) is 0 Å². The summed E-state index contributed by atoms with van der Waals surface area (Å²) in [4.78, 5) is 23.8. The molecule has 1 aliphatic carbocycles. The van der Waals surface area contributed by atoms with Crippen LogP contribution in [0.5, 0.6) is 0 Å². The molecule has 0 radical (unpaired) electrons. The number of carbonyl (C=O) groups excluding carboxylic acids is 1. The molecule has 0 atom stereocenters. The summed E-state index contributed by atoms with van der Waals surface area (Å²) in [5.41, 5.74) is 4.37. The minimum Gasteiger partial charge on any atom is -0.478 e. The molecule has 4 rings (SSSR count). The number of ether oxygens (including phenoxy) is 1. The van der Waals surface area contributed by atoms with Crippen molar-refractivity contribution in [1.82, 2.24) is 0 Å². The first-order valence-corrected chi connectivity index (χ1v) is 9.11. The number of rotatable bonds is 4. The molecule has 6 heteroatoms. The lowest BCUT2D eigenvalue weighted by Gasteiger charge is -2.16. The van der Waals surface area contributed by atoms with Crippen LogP contribution in [0, 0.1) is 12.7 Å². The van der Waals surface area contributed by atoms with Crippen molar-refractivity contribution >= 4 is 17.7 Å². The maximum Gasteiger partial charge on any atom is 0.411 e. The van der Waals surface area contributed by atoms with Gasteiger partial charge in [-0.15, -0.1) is 0 Å². The Hall–Kier alpha value is -3.67. The molecule has 0 bridgehead atoms. The smallest absolute Gasteiger partial charge is 0.411 e. The predicted molar refractivity (Wildman–Crippen MR) is 107 cm³/mol. The number of hydrogen-bond donors (Lipinski definition) is 2. The van der Waals surface area contributed by atoms with Crippen LogP contribution in [0.25, 0.3) is 11.1 Å². The van der Waals surface area contributed by atoms with E-state index < -0.39 is 17.9 Å². The molecule has 0 unspecified atom stereocenters. The number of benzene rings is 3. The molecule has 1 aliphatic rings. The molecule has 1 amide bonds. The molecule has 0 saturated carbocycles. The lowest BCUT2D eigenvalue weighted by molar-refractivity contribution is 0.0697. The van der Waals surface area contributed by atoms with Gasteiger partial charge in [-0.05, 0) is 46.9 Å². The fraction of sp³-hybridized carbons (Fsp3) is 0.130. The summed E-state index contributed by atoms with van der Waals surface area (Å²) in [6, 6.07) is 17.9. The van der Waals surface area contributed by atoms with E-state index in [2.05, 4.69) is 5.32 Å². The van der Waals surface area contributed by atoms with E-state index in [1.165, 1.54) is 6.92 Å². The number of carboxylic acid groups (broad SMARTS) is 1. The second-order valence-corrected chi connectivity index (χ2v) is 6.90. The summed E-state index contributed by atoms with van der Waals surface area (Å²) in [6.07, 6.45) is -0.788. The van der Waals surface area contributed by atoms with Gasteiger partial charge in [0.25, 0.3) is 0 Å². The van der Waals surface area contributed by atoms with E-state index in [4.69, 9.17) is 4.74 Å². The number of hydrogen-bond acceptors (Lipinski definition) is 3. The lowest BCUT2D eigenvalue weighted by atomic mass is 9.98. The van der Waals surface area contributed by atoms with Crippen LogP contribution in [0.4, 0.5) is 14.9 Å². The van der Waals surface area contributed by atoms with Gasteiger partial charge < -0.3 is 9.84 Å². The Labute approximate surface area is 166 Å². The minimum absolute atomic E-state index is 0.0242. The van der Waals surface area contributed by atoms with Crippen LogP contribution in [0.3, 0.4) is 0 Å². The van der Waals surface area contributed by atoms with Gasteiger partial charge in [0.15, 0.2) is 0 Å². The number of nitrogens with one attached hydrogen (secondary N) is 1. The number of carbonyl (C=O) groups is 2. The number of aryl methyl sites for hydroxylation is 1. The zero-order chi connectivity index (χ0) is 20.5. The van der Waals surface area contributed by atoms with Crippen LogP contribution in [-0.4, -0.2) is 23.8 Å². The standard InChI is InChI=1S/C23H18FNO4/c1-13-10-14(24)11-19(22(26)27)21(13)25-23(28)29-12-20-17-8-4-2-6-15(17)16-7-3-5-9-18(16)20/h2-11,20H,12H2,1H3,(H,25,28)(H,26,27). The van der Waals surface area contributed by atoms with Gasteiger partial charge in [-0.25, -0.2) is 14.0 Å². The van der Waals surface area contributed by atoms with E-state index in [0.29, 0.717) is 5.56 Å². The quantitative estimate of drug-likeness (QED) is 0.641. The summed E-state index contributed by atoms with van der Waals surface area (Å²) < 4.78 is 19.0. The molecular weight excluding hydrogens is 373 g/mol. The topological polar surface area (TPSA) is 75.6 Å². The third-order valence-corrected chi connectivity index (χ3v) is 5.10. The number of aromatic carboxylic acids is 1. The largest absolute Gasteiger partial charge is 0.478 e. The van der Waals surface area contributed by atoms with Crippen LogP contribution in [0.1, 0.15) is 33.0 Å². The molecule has 29 heavy (non-hydrogen) atoms. The molecular formula is C23H18FNO4. The second-order valence-electron chi connectivity index (χ2n) is 6.90. The summed E-state index contributed by atoms with van der Waals surface area (Å²) in [6.45, 7) is 1.62. The summed E-state index contributed by atoms with van der Waals surface area (Å²) in [5.74, 6) is -2.12. The minimum atomic E-state index is -1.33. The Kier molecular flexibility index (Phi) is 4.76. The van der Waals surface area contributed by atoms with E-state index in [0.717, 1.165) is 34.4 Å². The fourth-order valence-corrected chi connectivity index (χ4v) is 3.81. The lowest BCUT2D eigenvalue weighted by Crippen LogP contribution is -2.20. The van der Waals surface area contributed by atoms with E-state index in [9.17, 15) is 19.1 Å². The first-order valence-electron chi connectivity index (χ1n) is 9.11. The molecule has 3 aromatic carbocycles. The van der Waals surface area contributed by atoms with Crippen LogP contribution in [0.15, 0.2) is 60.7 Å². The van der Waals surface area contributed by atoms with Gasteiger partial charge in [-0.1, -0.05) is 48.5 Å². The number of amides is 1. The zero-order valence-electron chi connectivity index (χ0n) is 15.6. The first kappa shape index (κ1) is 18.7. The van der Waals surface area contributed by atoms with Crippen molar-refractivity contribution in [2.24, 2.45) is 0 Å². The van der Waals surface area contributed by atoms with Gasteiger partial charge >= 0.3 is 12.1 Å². The van der Waals surface area contributed by atoms with Crippen molar-refractivity contribution < 1.29 is 23.8 Å². The van der Waals surface area contributed by atoms with Crippen LogP contribution < -0.4 is 5.32 Å². The van der Waals surface area contributed by atoms with Gasteiger partial charge in [0.05, 0.1) is 11.3 Å². The molecule has 0 heterocycles. The van der Waals surface area contributed by atoms with Crippen molar-refractivity contribution in [3.63, 3.8) is 0 Å². The van der Waals surface area contributed by atoms with Crippen LogP contribution in [-0.2, 0) is 4.74 Å². The molecule has 0 aromatic heterocycles. The predicted octanol–water partition coefficient (Wildman–Crippen LogP) is 5.19. The Morgan fingerprint density at radius 3 is 2.21 bits per heavy atom. The normalized spacial score (nSPS) is 12.2. The Bertz CT molecular complexity index is 1080. The van der Waals surface area contributed by atoms with Crippen molar-refractivity contribution in [1.29, 1.82) is 0 Å². The van der Waals surface area contributed by atoms with Gasteiger partial charge in [0, 0.05) is 5.92 Å². The number of fused-ring (bicyclic) bond motifs is 3. The third kappa shape index (κ3) is 3.45. The average Bonchev–Trinajstić information content (AvgIpc) is 3.02. The molecule has 3 aromatic rings. The van der Waals surface area contributed by atoms with E-state index in [1.807, 2.05) is 48.5 Å². The zero-order valence-corrected chi connectivity index (χ0v) is 15.6. The van der Waals surface area contributed by atoms with Crippen LogP contribution >= 0.6 is 0 Å². The molecule has 0 aliphatic heterocycles. The van der Waals surface area contributed by atoms with Gasteiger partial charge in [-0.2, -0.15) is 0 Å². The Morgan fingerprint density at radius 2 is 1.62 bits per heavy atom. The molecule has 0 spiro atoms. The van der Waals surface area contributed by atoms with E-state index >= 15 is 0 Å². The monoisotopic (exact) mass is 391 g/mol. The summed E-state index contributed by atoms with van der Waals surface area (Å²) >= 11 is 0. The summed E-state index contributed by atoms with van der Waals surface area (Å²) in [7, 11) is 0. The van der Waals surface area contributed by atoms with Crippen molar-refractivity contribution in [3.05, 3.63) is 88.7 Å². The van der Waals surface area contributed by atoms with Crippen molar-refractivity contribution in [2.45, 2.75) is 12.8 Å². The highest BCUT2D eigenvalue weighted by Gasteiger charge is 2.29. The molecule has 0 fully saturated rings. The highest BCUT2D eigenvalue weighted by atomic mass is 19.1. The molecule has 2 N–H and O–H groups in total. The number of anilines is 1. The summed E-state index contributed by atoms with van der Waals surface area (Å²) in [5, 5.41) is 11.7. The fourth-order valence-electron chi connectivity index (χ4n) is 3.81. The van der Waals surface area contributed by atoms with E-state index in [1.54, 1.807) is 0 Å². The second kappa shape index (κ2) is 7.39. The third-order valence-electron chi connectivity index (χ3n) is 5.10. The Morgan fingerprint density at radius 1 is 1.03 bits per heavy atom. The highest BCUT2D eigenvalue weighted by molar-refractivity contribution is 5.99. The maximum absolute atomic E-state index is 13.5.